The highest BCUT2D eigenvalue weighted by Gasteiger charge is 2.28. The van der Waals surface area contributed by atoms with Crippen molar-refractivity contribution in [3.63, 3.8) is 0 Å². The Morgan fingerprint density at radius 1 is 1.08 bits per heavy atom. The van der Waals surface area contributed by atoms with E-state index in [0.29, 0.717) is 37.6 Å². The third-order valence-corrected chi connectivity index (χ3v) is 3.88. The molecule has 0 unspecified atom stereocenters. The first kappa shape index (κ1) is 16.1. The summed E-state index contributed by atoms with van der Waals surface area (Å²) < 4.78 is 5.40. The Kier molecular flexibility index (Phi) is 4.54. The molecule has 1 aliphatic heterocycles. The molecule has 2 aromatic rings. The van der Waals surface area contributed by atoms with Crippen LogP contribution in [0.1, 0.15) is 46.7 Å². The molecule has 2 amide bonds. The minimum absolute atomic E-state index is 0.00531. The zero-order chi connectivity index (χ0) is 17.1. The van der Waals surface area contributed by atoms with Crippen LogP contribution in [0.25, 0.3) is 0 Å². The van der Waals surface area contributed by atoms with Gasteiger partial charge in [0.15, 0.2) is 0 Å². The number of hydrogen-bond acceptors (Lipinski definition) is 6. The van der Waals surface area contributed by atoms with Crippen molar-refractivity contribution >= 4 is 11.8 Å². The molecule has 8 heteroatoms. The van der Waals surface area contributed by atoms with Crippen molar-refractivity contribution in [1.29, 1.82) is 0 Å². The lowest BCUT2D eigenvalue weighted by molar-refractivity contribution is 0.0512. The molecule has 3 rings (SSSR count). The van der Waals surface area contributed by atoms with E-state index in [4.69, 9.17) is 4.42 Å². The molecule has 0 atom stereocenters. The van der Waals surface area contributed by atoms with Crippen LogP contribution >= 0.6 is 0 Å². The monoisotopic (exact) mass is 329 g/mol. The Morgan fingerprint density at radius 3 is 2.29 bits per heavy atom. The molecule has 2 aromatic heterocycles. The van der Waals surface area contributed by atoms with Gasteiger partial charge in [-0.25, -0.2) is 0 Å². The summed E-state index contributed by atoms with van der Waals surface area (Å²) >= 11 is 0. The van der Waals surface area contributed by atoms with Gasteiger partial charge in [-0.3, -0.25) is 14.6 Å². The molecule has 1 saturated heterocycles. The molecule has 126 valence electrons. The fraction of sp³-hybridized carbons (Fsp3) is 0.438. The molecule has 0 spiro atoms. The molecule has 0 N–H and O–H groups in total. The van der Waals surface area contributed by atoms with Gasteiger partial charge >= 0.3 is 11.8 Å². The van der Waals surface area contributed by atoms with E-state index in [-0.39, 0.29) is 23.6 Å². The van der Waals surface area contributed by atoms with Crippen LogP contribution in [0, 0.1) is 0 Å². The van der Waals surface area contributed by atoms with E-state index in [1.165, 1.54) is 0 Å². The normalized spacial score (nSPS) is 15.0. The second kappa shape index (κ2) is 6.77. The number of aromatic nitrogens is 3. The molecule has 24 heavy (non-hydrogen) atoms. The summed E-state index contributed by atoms with van der Waals surface area (Å²) in [5.41, 5.74) is 0.552. The molecular weight excluding hydrogens is 310 g/mol. The van der Waals surface area contributed by atoms with E-state index in [0.717, 1.165) is 0 Å². The molecule has 8 nitrogen and oxygen atoms in total. The maximum Gasteiger partial charge on any atom is 0.311 e. The predicted octanol–water partition coefficient (Wildman–Crippen LogP) is 1.19. The quantitative estimate of drug-likeness (QED) is 0.840. The van der Waals surface area contributed by atoms with Gasteiger partial charge in [0, 0.05) is 44.5 Å². The van der Waals surface area contributed by atoms with E-state index in [2.05, 4.69) is 15.2 Å². The Morgan fingerprint density at radius 2 is 1.75 bits per heavy atom. The number of amides is 2. The van der Waals surface area contributed by atoms with Crippen LogP contribution in [-0.2, 0) is 0 Å². The molecule has 0 bridgehead atoms. The zero-order valence-electron chi connectivity index (χ0n) is 13.7. The number of rotatable bonds is 3. The summed E-state index contributed by atoms with van der Waals surface area (Å²) in [6.07, 6.45) is 3.18. The third kappa shape index (κ3) is 3.27. The highest BCUT2D eigenvalue weighted by molar-refractivity contribution is 5.94. The molecule has 3 heterocycles. The fourth-order valence-corrected chi connectivity index (χ4v) is 2.47. The van der Waals surface area contributed by atoms with Crippen LogP contribution in [-0.4, -0.2) is 63.0 Å². The van der Waals surface area contributed by atoms with Gasteiger partial charge in [-0.15, -0.1) is 10.2 Å². The van der Waals surface area contributed by atoms with Crippen molar-refractivity contribution in [1.82, 2.24) is 25.0 Å². The average Bonchev–Trinajstić information content (AvgIpc) is 3.12. The van der Waals surface area contributed by atoms with E-state index in [1.54, 1.807) is 34.3 Å². The lowest BCUT2D eigenvalue weighted by atomic mass is 10.2. The van der Waals surface area contributed by atoms with Gasteiger partial charge in [0.2, 0.25) is 5.89 Å². The van der Waals surface area contributed by atoms with Gasteiger partial charge in [0.25, 0.3) is 5.91 Å². The summed E-state index contributed by atoms with van der Waals surface area (Å²) in [5, 5.41) is 7.70. The van der Waals surface area contributed by atoms with Crippen molar-refractivity contribution in [2.45, 2.75) is 19.8 Å². The van der Waals surface area contributed by atoms with Crippen LogP contribution in [0.5, 0.6) is 0 Å². The highest BCUT2D eigenvalue weighted by Crippen LogP contribution is 2.15. The molecular formula is C16H19N5O3. The van der Waals surface area contributed by atoms with Crippen molar-refractivity contribution < 1.29 is 14.0 Å². The van der Waals surface area contributed by atoms with Crippen LogP contribution < -0.4 is 0 Å². The number of carbonyl (C=O) groups is 2. The first-order valence-corrected chi connectivity index (χ1v) is 7.88. The van der Waals surface area contributed by atoms with Crippen LogP contribution in [0.3, 0.4) is 0 Å². The van der Waals surface area contributed by atoms with Gasteiger partial charge in [0.1, 0.15) is 0 Å². The summed E-state index contributed by atoms with van der Waals surface area (Å²) in [4.78, 5) is 32.1. The number of hydrogen-bond donors (Lipinski definition) is 0. The summed E-state index contributed by atoms with van der Waals surface area (Å²) in [7, 11) is 0. The minimum atomic E-state index is -0.289. The van der Waals surface area contributed by atoms with Crippen molar-refractivity contribution in [3.05, 3.63) is 41.9 Å². The van der Waals surface area contributed by atoms with Gasteiger partial charge in [-0.2, -0.15) is 0 Å². The van der Waals surface area contributed by atoms with Gasteiger partial charge in [-0.05, 0) is 12.1 Å². The van der Waals surface area contributed by atoms with Crippen LogP contribution in [0.4, 0.5) is 0 Å². The van der Waals surface area contributed by atoms with Crippen LogP contribution in [0.15, 0.2) is 28.9 Å². The lowest BCUT2D eigenvalue weighted by Crippen LogP contribution is -2.50. The molecule has 0 radical (unpaired) electrons. The summed E-state index contributed by atoms with van der Waals surface area (Å²) in [6.45, 7) is 5.64. The Hall–Kier alpha value is -2.77. The van der Waals surface area contributed by atoms with Gasteiger partial charge < -0.3 is 14.2 Å². The second-order valence-electron chi connectivity index (χ2n) is 5.93. The SMILES string of the molecule is CC(C)c1nnc(C(=O)N2CCN(C(=O)c3cccnc3)CC2)o1. The Balaban J connectivity index is 1.60. The largest absolute Gasteiger partial charge is 0.417 e. The Bertz CT molecular complexity index is 720. The molecule has 0 aromatic carbocycles. The lowest BCUT2D eigenvalue weighted by Gasteiger charge is -2.34. The molecule has 0 aliphatic carbocycles. The second-order valence-corrected chi connectivity index (χ2v) is 5.93. The summed E-state index contributed by atoms with van der Waals surface area (Å²) in [5.74, 6) is 0.167. The molecule has 0 saturated carbocycles. The number of piperazine rings is 1. The zero-order valence-corrected chi connectivity index (χ0v) is 13.7. The predicted molar refractivity (Wildman–Crippen MR) is 84.4 cm³/mol. The average molecular weight is 329 g/mol. The topological polar surface area (TPSA) is 92.4 Å². The maximum atomic E-state index is 12.4. The first-order chi connectivity index (χ1) is 11.6. The third-order valence-electron chi connectivity index (χ3n) is 3.88. The maximum absolute atomic E-state index is 12.4. The van der Waals surface area contributed by atoms with Crippen molar-refractivity contribution in [2.75, 3.05) is 26.2 Å². The highest BCUT2D eigenvalue weighted by atomic mass is 16.4. The molecule has 1 fully saturated rings. The first-order valence-electron chi connectivity index (χ1n) is 7.88. The minimum Gasteiger partial charge on any atom is -0.417 e. The summed E-state index contributed by atoms with van der Waals surface area (Å²) in [6, 6.07) is 3.47. The smallest absolute Gasteiger partial charge is 0.311 e. The van der Waals surface area contributed by atoms with Crippen molar-refractivity contribution in [3.8, 4) is 0 Å². The van der Waals surface area contributed by atoms with Gasteiger partial charge in [0.05, 0.1) is 5.56 Å². The van der Waals surface area contributed by atoms with Crippen molar-refractivity contribution in [2.24, 2.45) is 0 Å². The van der Waals surface area contributed by atoms with Crippen LogP contribution in [0.2, 0.25) is 0 Å². The van der Waals surface area contributed by atoms with E-state index < -0.39 is 0 Å². The number of carbonyl (C=O) groups excluding carboxylic acids is 2. The van der Waals surface area contributed by atoms with E-state index in [1.807, 2.05) is 13.8 Å². The number of pyridine rings is 1. The van der Waals surface area contributed by atoms with E-state index >= 15 is 0 Å². The molecule has 1 aliphatic rings. The Labute approximate surface area is 139 Å². The number of nitrogens with zero attached hydrogens (tertiary/aromatic N) is 5. The van der Waals surface area contributed by atoms with E-state index in [9.17, 15) is 9.59 Å². The standard InChI is InChI=1S/C16H19N5O3/c1-11(2)13-18-19-14(24-13)16(23)21-8-6-20(7-9-21)15(22)12-4-3-5-17-10-12/h3-5,10-11H,6-9H2,1-2H3. The fourth-order valence-electron chi connectivity index (χ4n) is 2.47. The van der Waals surface area contributed by atoms with Gasteiger partial charge in [-0.1, -0.05) is 13.8 Å².